The summed E-state index contributed by atoms with van der Waals surface area (Å²) in [5.41, 5.74) is 0. The van der Waals surface area contributed by atoms with Crippen molar-refractivity contribution in [3.05, 3.63) is 24.3 Å². The Labute approximate surface area is 532 Å². The number of aliphatic hydroxyl groups excluding tert-OH is 2. The Bertz CT molecular complexity index is 1330. The van der Waals surface area contributed by atoms with Crippen LogP contribution in [0.2, 0.25) is 0 Å². The third-order valence-electron chi connectivity index (χ3n) is 18.5. The lowest BCUT2D eigenvalue weighted by Crippen LogP contribution is -2.45. The number of esters is 1. The summed E-state index contributed by atoms with van der Waals surface area (Å²) in [4.78, 5) is 24.6. The standard InChI is InChI=1S/C79H153NO5/c1-3-5-7-9-11-13-15-17-44-49-53-57-61-65-69-73-79(84)85-74-70-66-62-58-54-50-46-43-41-39-37-35-33-31-29-27-25-23-21-19-20-22-24-26-28-30-32-34-36-38-40-42-45-48-52-56-60-64-68-72-78(83)80-76(75-81)77(82)71-67-63-59-55-51-47-18-16-14-12-10-8-6-4-2/h17,19-20,44,76-77,81-82H,3-16,18,21-43,45-75H2,1-2H3,(H,80,83)/b20-19-,44-17-. The lowest BCUT2D eigenvalue weighted by Gasteiger charge is -2.22. The van der Waals surface area contributed by atoms with Crippen LogP contribution in [0.15, 0.2) is 24.3 Å². The summed E-state index contributed by atoms with van der Waals surface area (Å²) in [7, 11) is 0. The highest BCUT2D eigenvalue weighted by atomic mass is 16.5. The molecule has 85 heavy (non-hydrogen) atoms. The Kier molecular flexibility index (Phi) is 73.3. The predicted molar refractivity (Wildman–Crippen MR) is 375 cm³/mol. The molecule has 0 saturated carbocycles. The van der Waals surface area contributed by atoms with Gasteiger partial charge in [0.15, 0.2) is 0 Å². The molecule has 0 saturated heterocycles. The monoisotopic (exact) mass is 1200 g/mol. The fraction of sp³-hybridized carbons (Fsp3) is 0.924. The molecular formula is C79H153NO5. The van der Waals surface area contributed by atoms with Crippen LogP contribution in [0.25, 0.3) is 0 Å². The molecule has 0 aromatic heterocycles. The van der Waals surface area contributed by atoms with Gasteiger partial charge in [-0.25, -0.2) is 0 Å². The van der Waals surface area contributed by atoms with Gasteiger partial charge in [-0.05, 0) is 77.0 Å². The van der Waals surface area contributed by atoms with Gasteiger partial charge in [0.25, 0.3) is 0 Å². The van der Waals surface area contributed by atoms with E-state index in [-0.39, 0.29) is 18.5 Å². The molecular weight excluding hydrogens is 1040 g/mol. The van der Waals surface area contributed by atoms with Crippen LogP contribution in [-0.4, -0.2) is 47.4 Å². The van der Waals surface area contributed by atoms with Crippen molar-refractivity contribution in [2.24, 2.45) is 0 Å². The van der Waals surface area contributed by atoms with E-state index in [0.29, 0.717) is 25.9 Å². The second-order valence-corrected chi connectivity index (χ2v) is 27.0. The largest absolute Gasteiger partial charge is 0.466 e. The zero-order valence-electron chi connectivity index (χ0n) is 57.9. The fourth-order valence-corrected chi connectivity index (χ4v) is 12.5. The molecule has 1 amide bonds. The van der Waals surface area contributed by atoms with Crippen molar-refractivity contribution in [3.63, 3.8) is 0 Å². The first kappa shape index (κ1) is 83.3. The summed E-state index contributed by atoms with van der Waals surface area (Å²) >= 11 is 0. The molecule has 6 heteroatoms. The van der Waals surface area contributed by atoms with Crippen LogP contribution >= 0.6 is 0 Å². The van der Waals surface area contributed by atoms with Crippen molar-refractivity contribution >= 4 is 11.9 Å². The molecule has 0 rings (SSSR count). The van der Waals surface area contributed by atoms with Crippen LogP contribution in [0.4, 0.5) is 0 Å². The minimum atomic E-state index is -0.660. The predicted octanol–water partition coefficient (Wildman–Crippen LogP) is 25.7. The van der Waals surface area contributed by atoms with Gasteiger partial charge in [0, 0.05) is 12.8 Å². The van der Waals surface area contributed by atoms with Crippen LogP contribution in [0.5, 0.6) is 0 Å². The van der Waals surface area contributed by atoms with Crippen LogP contribution < -0.4 is 5.32 Å². The minimum Gasteiger partial charge on any atom is -0.466 e. The van der Waals surface area contributed by atoms with E-state index >= 15 is 0 Å². The van der Waals surface area contributed by atoms with Crippen LogP contribution in [0.3, 0.4) is 0 Å². The normalized spacial score (nSPS) is 12.6. The van der Waals surface area contributed by atoms with Gasteiger partial charge in [-0.15, -0.1) is 0 Å². The number of rotatable bonds is 74. The number of unbranched alkanes of at least 4 members (excludes halogenated alkanes) is 59. The Morgan fingerprint density at radius 1 is 0.318 bits per heavy atom. The first-order valence-electron chi connectivity index (χ1n) is 39.1. The molecule has 6 nitrogen and oxygen atoms in total. The Hall–Kier alpha value is -1.66. The average molecular weight is 1200 g/mol. The van der Waals surface area contributed by atoms with Crippen molar-refractivity contribution in [1.82, 2.24) is 5.32 Å². The molecule has 0 aliphatic heterocycles. The van der Waals surface area contributed by atoms with Gasteiger partial charge in [-0.2, -0.15) is 0 Å². The van der Waals surface area contributed by atoms with E-state index in [1.54, 1.807) is 0 Å². The van der Waals surface area contributed by atoms with E-state index in [4.69, 9.17) is 4.74 Å². The molecule has 0 heterocycles. The van der Waals surface area contributed by atoms with Crippen LogP contribution in [0, 0.1) is 0 Å². The smallest absolute Gasteiger partial charge is 0.305 e. The molecule has 0 bridgehead atoms. The number of ether oxygens (including phenoxy) is 1. The quantitative estimate of drug-likeness (QED) is 0.0320. The van der Waals surface area contributed by atoms with E-state index in [1.165, 1.54) is 366 Å². The number of allylic oxidation sites excluding steroid dienone is 4. The maximum Gasteiger partial charge on any atom is 0.305 e. The highest BCUT2D eigenvalue weighted by Crippen LogP contribution is 2.20. The molecule has 0 aromatic rings. The third kappa shape index (κ3) is 71.3. The Morgan fingerprint density at radius 2 is 0.553 bits per heavy atom. The number of nitrogens with one attached hydrogen (secondary N) is 1. The molecule has 0 aromatic carbocycles. The Balaban J connectivity index is 3.31. The molecule has 0 aliphatic rings. The summed E-state index contributed by atoms with van der Waals surface area (Å²) in [5, 5.41) is 23.3. The molecule has 0 fully saturated rings. The second-order valence-electron chi connectivity index (χ2n) is 27.0. The molecule has 504 valence electrons. The van der Waals surface area contributed by atoms with Gasteiger partial charge in [-0.3, -0.25) is 9.59 Å². The highest BCUT2D eigenvalue weighted by molar-refractivity contribution is 5.76. The molecule has 0 aliphatic carbocycles. The average Bonchev–Trinajstić information content (AvgIpc) is 3.52. The maximum atomic E-state index is 12.5. The second kappa shape index (κ2) is 74.8. The summed E-state index contributed by atoms with van der Waals surface area (Å²) in [6, 6.07) is -0.537. The number of aliphatic hydroxyl groups is 2. The first-order valence-corrected chi connectivity index (χ1v) is 39.1. The van der Waals surface area contributed by atoms with Gasteiger partial charge in [-0.1, -0.05) is 378 Å². The Morgan fingerprint density at radius 3 is 0.835 bits per heavy atom. The van der Waals surface area contributed by atoms with E-state index in [1.807, 2.05) is 0 Å². The SMILES string of the molecule is CCCCCCCC/C=C\CCCCCCCC(=O)OCCCCCCCCCCCCCCCCCCCC/C=C\CCCCCCCCCCCCCCCCCCCC(=O)NC(CO)C(O)CCCCCCCCCCCCCCCC. The number of hydrogen-bond acceptors (Lipinski definition) is 5. The number of amides is 1. The lowest BCUT2D eigenvalue weighted by molar-refractivity contribution is -0.143. The van der Waals surface area contributed by atoms with E-state index in [2.05, 4.69) is 43.5 Å². The third-order valence-corrected chi connectivity index (χ3v) is 18.5. The zero-order valence-corrected chi connectivity index (χ0v) is 57.9. The van der Waals surface area contributed by atoms with Gasteiger partial charge >= 0.3 is 5.97 Å². The van der Waals surface area contributed by atoms with Crippen LogP contribution in [-0.2, 0) is 14.3 Å². The molecule has 3 N–H and O–H groups in total. The van der Waals surface area contributed by atoms with Crippen molar-refractivity contribution in [1.29, 1.82) is 0 Å². The van der Waals surface area contributed by atoms with Gasteiger partial charge < -0.3 is 20.3 Å². The van der Waals surface area contributed by atoms with Crippen molar-refractivity contribution in [2.45, 2.75) is 456 Å². The van der Waals surface area contributed by atoms with Crippen molar-refractivity contribution in [2.75, 3.05) is 13.2 Å². The molecule has 2 unspecified atom stereocenters. The first-order chi connectivity index (χ1) is 42.0. The summed E-state index contributed by atoms with van der Waals surface area (Å²) in [5.74, 6) is -0.0123. The minimum absolute atomic E-state index is 0.0153. The molecule has 0 radical (unpaired) electrons. The van der Waals surface area contributed by atoms with Crippen LogP contribution in [0.1, 0.15) is 444 Å². The van der Waals surface area contributed by atoms with Gasteiger partial charge in [0.1, 0.15) is 0 Å². The van der Waals surface area contributed by atoms with E-state index < -0.39 is 12.1 Å². The van der Waals surface area contributed by atoms with E-state index in [0.717, 1.165) is 44.9 Å². The summed E-state index contributed by atoms with van der Waals surface area (Å²) < 4.78 is 5.50. The highest BCUT2D eigenvalue weighted by Gasteiger charge is 2.20. The summed E-state index contributed by atoms with van der Waals surface area (Å²) in [6.07, 6.45) is 95.6. The van der Waals surface area contributed by atoms with Crippen molar-refractivity contribution < 1.29 is 24.5 Å². The fourth-order valence-electron chi connectivity index (χ4n) is 12.5. The topological polar surface area (TPSA) is 95.9 Å². The number of carbonyl (C=O) groups is 2. The van der Waals surface area contributed by atoms with Gasteiger partial charge in [0.05, 0.1) is 25.4 Å². The van der Waals surface area contributed by atoms with Crippen molar-refractivity contribution in [3.8, 4) is 0 Å². The zero-order chi connectivity index (χ0) is 61.3. The summed E-state index contributed by atoms with van der Waals surface area (Å²) in [6.45, 7) is 4.98. The molecule has 0 spiro atoms. The maximum absolute atomic E-state index is 12.5. The lowest BCUT2D eigenvalue weighted by atomic mass is 10.0. The molecule has 2 atom stereocenters. The van der Waals surface area contributed by atoms with Gasteiger partial charge in [0.2, 0.25) is 5.91 Å². The number of hydrogen-bond donors (Lipinski definition) is 3. The van der Waals surface area contributed by atoms with E-state index in [9.17, 15) is 19.8 Å². The number of carbonyl (C=O) groups excluding carboxylic acids is 2.